The van der Waals surface area contributed by atoms with E-state index in [1.807, 2.05) is 16.7 Å². The van der Waals surface area contributed by atoms with Gasteiger partial charge in [-0.05, 0) is 63.6 Å². The first-order chi connectivity index (χ1) is 15.6. The largest absolute Gasteiger partial charge is 0.490 e. The van der Waals surface area contributed by atoms with Crippen molar-refractivity contribution >= 4 is 17.7 Å². The van der Waals surface area contributed by atoms with Gasteiger partial charge in [-0.2, -0.15) is 0 Å². The summed E-state index contributed by atoms with van der Waals surface area (Å²) < 4.78 is 11.4. The van der Waals surface area contributed by atoms with Gasteiger partial charge in [0.15, 0.2) is 18.1 Å². The van der Waals surface area contributed by atoms with Crippen LogP contribution in [0.25, 0.3) is 0 Å². The van der Waals surface area contributed by atoms with Gasteiger partial charge in [0, 0.05) is 44.7 Å². The van der Waals surface area contributed by atoms with Crippen LogP contribution in [0, 0.1) is 0 Å². The molecule has 8 nitrogen and oxygen atoms in total. The normalized spacial score (nSPS) is 16.4. The van der Waals surface area contributed by atoms with E-state index in [1.54, 1.807) is 18.2 Å². The zero-order chi connectivity index (χ0) is 22.8. The molecular formula is C24H35N3O5. The number of piperidine rings is 2. The summed E-state index contributed by atoms with van der Waals surface area (Å²) in [4.78, 5) is 40.9. The molecule has 0 spiro atoms. The smallest absolute Gasteiger partial charge is 0.260 e. The second-order valence-corrected chi connectivity index (χ2v) is 8.27. The molecule has 2 saturated heterocycles. The molecule has 0 atom stereocenters. The van der Waals surface area contributed by atoms with E-state index in [-0.39, 0.29) is 24.3 Å². The molecule has 3 rings (SSSR count). The lowest BCUT2D eigenvalue weighted by Gasteiger charge is -2.26. The Kier molecular flexibility index (Phi) is 9.19. The monoisotopic (exact) mass is 445 g/mol. The molecule has 0 bridgehead atoms. The van der Waals surface area contributed by atoms with Crippen molar-refractivity contribution in [2.45, 2.75) is 51.9 Å². The lowest BCUT2D eigenvalue weighted by Crippen LogP contribution is -2.38. The number of benzene rings is 1. The van der Waals surface area contributed by atoms with Gasteiger partial charge in [-0.1, -0.05) is 0 Å². The van der Waals surface area contributed by atoms with Gasteiger partial charge in [-0.25, -0.2) is 0 Å². The van der Waals surface area contributed by atoms with Crippen LogP contribution in [0.1, 0.15) is 62.2 Å². The number of carbonyl (C=O) groups excluding carboxylic acids is 3. The van der Waals surface area contributed by atoms with E-state index in [4.69, 9.17) is 9.47 Å². The number of rotatable bonds is 9. The Balaban J connectivity index is 1.51. The lowest BCUT2D eigenvalue weighted by molar-refractivity contribution is -0.134. The first-order valence-corrected chi connectivity index (χ1v) is 11.8. The van der Waals surface area contributed by atoms with Gasteiger partial charge in [-0.3, -0.25) is 14.4 Å². The summed E-state index contributed by atoms with van der Waals surface area (Å²) in [5, 5.41) is 2.81. The van der Waals surface area contributed by atoms with Crippen LogP contribution in [-0.2, 0) is 9.59 Å². The van der Waals surface area contributed by atoms with E-state index >= 15 is 0 Å². The molecule has 32 heavy (non-hydrogen) atoms. The maximum absolute atomic E-state index is 12.5. The van der Waals surface area contributed by atoms with Crippen LogP contribution in [0.3, 0.4) is 0 Å². The summed E-state index contributed by atoms with van der Waals surface area (Å²) in [5.74, 6) is 0.646. The van der Waals surface area contributed by atoms with E-state index in [9.17, 15) is 14.4 Å². The van der Waals surface area contributed by atoms with Crippen LogP contribution in [0.5, 0.6) is 11.5 Å². The SMILES string of the molecule is CCOc1cc(C(=O)NCCC(=O)N2CCCCC2)ccc1OCC(=O)N1CCCCC1. The molecule has 1 aromatic carbocycles. The average Bonchev–Trinajstić information content (AvgIpc) is 2.84. The molecule has 1 N–H and O–H groups in total. The number of amides is 3. The molecule has 1 aromatic rings. The number of nitrogens with zero attached hydrogens (tertiary/aromatic N) is 2. The number of hydrogen-bond acceptors (Lipinski definition) is 5. The van der Waals surface area contributed by atoms with Crippen molar-refractivity contribution in [3.63, 3.8) is 0 Å². The number of hydrogen-bond donors (Lipinski definition) is 1. The van der Waals surface area contributed by atoms with Crippen molar-refractivity contribution in [3.05, 3.63) is 23.8 Å². The van der Waals surface area contributed by atoms with E-state index in [0.29, 0.717) is 36.6 Å². The van der Waals surface area contributed by atoms with Crippen molar-refractivity contribution in [1.82, 2.24) is 15.1 Å². The third kappa shape index (κ3) is 6.87. The second kappa shape index (κ2) is 12.3. The maximum Gasteiger partial charge on any atom is 0.260 e. The van der Waals surface area contributed by atoms with Crippen molar-refractivity contribution in [2.75, 3.05) is 45.9 Å². The van der Waals surface area contributed by atoms with E-state index in [0.717, 1.165) is 58.3 Å². The minimum atomic E-state index is -0.270. The molecule has 3 amide bonds. The molecule has 2 aliphatic heterocycles. The molecule has 0 unspecified atom stereocenters. The van der Waals surface area contributed by atoms with E-state index in [2.05, 4.69) is 5.32 Å². The highest BCUT2D eigenvalue weighted by atomic mass is 16.5. The van der Waals surface area contributed by atoms with Crippen LogP contribution >= 0.6 is 0 Å². The van der Waals surface area contributed by atoms with Crippen molar-refractivity contribution in [3.8, 4) is 11.5 Å². The molecule has 0 aromatic heterocycles. The molecule has 0 radical (unpaired) electrons. The van der Waals surface area contributed by atoms with Crippen molar-refractivity contribution in [2.24, 2.45) is 0 Å². The van der Waals surface area contributed by atoms with Gasteiger partial charge >= 0.3 is 0 Å². The average molecular weight is 446 g/mol. The fraction of sp³-hybridized carbons (Fsp3) is 0.625. The van der Waals surface area contributed by atoms with Crippen LogP contribution in [-0.4, -0.2) is 73.5 Å². The van der Waals surface area contributed by atoms with Gasteiger partial charge in [0.2, 0.25) is 5.91 Å². The zero-order valence-electron chi connectivity index (χ0n) is 19.1. The fourth-order valence-corrected chi connectivity index (χ4v) is 4.10. The molecular weight excluding hydrogens is 410 g/mol. The van der Waals surface area contributed by atoms with E-state index < -0.39 is 0 Å². The minimum Gasteiger partial charge on any atom is -0.490 e. The van der Waals surface area contributed by atoms with Gasteiger partial charge in [0.25, 0.3) is 11.8 Å². The highest BCUT2D eigenvalue weighted by Gasteiger charge is 2.19. The summed E-state index contributed by atoms with van der Waals surface area (Å²) in [6.07, 6.45) is 6.80. The Morgan fingerprint density at radius 2 is 1.47 bits per heavy atom. The molecule has 2 fully saturated rings. The number of carbonyl (C=O) groups is 3. The molecule has 0 saturated carbocycles. The Morgan fingerprint density at radius 3 is 2.09 bits per heavy atom. The molecule has 176 valence electrons. The highest BCUT2D eigenvalue weighted by Crippen LogP contribution is 2.28. The summed E-state index contributed by atoms with van der Waals surface area (Å²) in [6.45, 7) is 5.68. The third-order valence-corrected chi connectivity index (χ3v) is 5.90. The molecule has 8 heteroatoms. The van der Waals surface area contributed by atoms with Crippen LogP contribution in [0.15, 0.2) is 18.2 Å². The van der Waals surface area contributed by atoms with Gasteiger partial charge in [0.1, 0.15) is 0 Å². The van der Waals surface area contributed by atoms with Crippen molar-refractivity contribution < 1.29 is 23.9 Å². The quantitative estimate of drug-likeness (QED) is 0.631. The van der Waals surface area contributed by atoms with Gasteiger partial charge in [-0.15, -0.1) is 0 Å². The zero-order valence-corrected chi connectivity index (χ0v) is 19.1. The maximum atomic E-state index is 12.5. The summed E-state index contributed by atoms with van der Waals surface area (Å²) in [5.41, 5.74) is 0.425. The number of likely N-dealkylation sites (tertiary alicyclic amines) is 2. The number of nitrogens with one attached hydrogen (secondary N) is 1. The fourth-order valence-electron chi connectivity index (χ4n) is 4.10. The summed E-state index contributed by atoms with van der Waals surface area (Å²) >= 11 is 0. The predicted molar refractivity (Wildman–Crippen MR) is 121 cm³/mol. The topological polar surface area (TPSA) is 88.2 Å². The summed E-state index contributed by atoms with van der Waals surface area (Å²) in [6, 6.07) is 4.92. The summed E-state index contributed by atoms with van der Waals surface area (Å²) in [7, 11) is 0. The van der Waals surface area contributed by atoms with Crippen molar-refractivity contribution in [1.29, 1.82) is 0 Å². The molecule has 2 aliphatic rings. The highest BCUT2D eigenvalue weighted by molar-refractivity contribution is 5.95. The second-order valence-electron chi connectivity index (χ2n) is 8.27. The standard InChI is InChI=1S/C24H35N3O5/c1-2-31-21-17-19(24(30)25-12-11-22(28)26-13-5-3-6-14-26)9-10-20(21)32-18-23(29)27-15-7-4-8-16-27/h9-10,17H,2-8,11-16,18H2,1H3,(H,25,30). The number of ether oxygens (including phenoxy) is 2. The Labute approximate surface area is 190 Å². The Hall–Kier alpha value is -2.77. The van der Waals surface area contributed by atoms with Crippen LogP contribution < -0.4 is 14.8 Å². The lowest BCUT2D eigenvalue weighted by atomic mass is 10.1. The Morgan fingerprint density at radius 1 is 0.844 bits per heavy atom. The van der Waals surface area contributed by atoms with Gasteiger partial charge < -0.3 is 24.6 Å². The molecule has 2 heterocycles. The van der Waals surface area contributed by atoms with Gasteiger partial charge in [0.05, 0.1) is 6.61 Å². The molecule has 0 aliphatic carbocycles. The van der Waals surface area contributed by atoms with Crippen LogP contribution in [0.4, 0.5) is 0 Å². The predicted octanol–water partition coefficient (Wildman–Crippen LogP) is 2.61. The third-order valence-electron chi connectivity index (χ3n) is 5.90. The Bertz CT molecular complexity index is 786. The van der Waals surface area contributed by atoms with E-state index in [1.165, 1.54) is 6.42 Å². The minimum absolute atomic E-state index is 0.0349. The first kappa shape index (κ1) is 23.9. The van der Waals surface area contributed by atoms with Crippen LogP contribution in [0.2, 0.25) is 0 Å². The first-order valence-electron chi connectivity index (χ1n) is 11.8.